The molecule has 0 fully saturated rings. The van der Waals surface area contributed by atoms with Gasteiger partial charge >= 0.3 is 6.18 Å². The minimum absolute atomic E-state index is 0.0109. The lowest BCUT2D eigenvalue weighted by Gasteiger charge is -2.11. The summed E-state index contributed by atoms with van der Waals surface area (Å²) in [5.41, 5.74) is -0.951. The zero-order chi connectivity index (χ0) is 15.3. The van der Waals surface area contributed by atoms with Crippen molar-refractivity contribution in [3.63, 3.8) is 0 Å². The topological polar surface area (TPSA) is 50.7 Å². The molecule has 0 atom stereocenters. The number of hydrogen-bond acceptors (Lipinski definition) is 5. The van der Waals surface area contributed by atoms with Gasteiger partial charge in [-0.25, -0.2) is 9.97 Å². The van der Waals surface area contributed by atoms with Crippen LogP contribution in [0.1, 0.15) is 19.0 Å². The second kappa shape index (κ2) is 6.75. The van der Waals surface area contributed by atoms with E-state index >= 15 is 0 Å². The molecular formula is C13H13F3N4S. The van der Waals surface area contributed by atoms with Gasteiger partial charge in [-0.3, -0.25) is 4.98 Å². The molecule has 0 saturated carbocycles. The van der Waals surface area contributed by atoms with Crippen LogP contribution >= 0.6 is 11.8 Å². The Kier molecular flexibility index (Phi) is 5.00. The molecule has 0 aliphatic heterocycles. The molecule has 2 aromatic heterocycles. The maximum absolute atomic E-state index is 12.9. The Morgan fingerprint density at radius 2 is 1.90 bits per heavy atom. The number of alkyl halides is 3. The standard InChI is InChI=1S/C13H13F3N4S/c1-2-5-18-12-19-10(13(14,15)16)8-11(20-12)21-9-3-6-17-7-4-9/h3-4,6-8H,2,5H2,1H3,(H,18,19,20). The fraction of sp³-hybridized carbons (Fsp3) is 0.308. The molecule has 0 aliphatic carbocycles. The zero-order valence-corrected chi connectivity index (χ0v) is 12.0. The van der Waals surface area contributed by atoms with Crippen LogP contribution in [0, 0.1) is 0 Å². The third-order valence-electron chi connectivity index (χ3n) is 2.40. The van der Waals surface area contributed by atoms with Crippen LogP contribution in [0.25, 0.3) is 0 Å². The monoisotopic (exact) mass is 314 g/mol. The zero-order valence-electron chi connectivity index (χ0n) is 11.2. The molecule has 4 nitrogen and oxygen atoms in total. The molecule has 112 valence electrons. The van der Waals surface area contributed by atoms with Gasteiger partial charge in [-0.15, -0.1) is 0 Å². The molecule has 0 aliphatic rings. The van der Waals surface area contributed by atoms with Crippen molar-refractivity contribution in [2.24, 2.45) is 0 Å². The molecule has 2 rings (SSSR count). The highest BCUT2D eigenvalue weighted by atomic mass is 32.2. The molecule has 0 unspecified atom stereocenters. The van der Waals surface area contributed by atoms with Crippen molar-refractivity contribution >= 4 is 17.7 Å². The van der Waals surface area contributed by atoms with Crippen molar-refractivity contribution < 1.29 is 13.2 Å². The largest absolute Gasteiger partial charge is 0.433 e. The Hall–Kier alpha value is -1.83. The number of halogens is 3. The Labute approximate surface area is 124 Å². The number of rotatable bonds is 5. The van der Waals surface area contributed by atoms with E-state index < -0.39 is 11.9 Å². The molecule has 0 radical (unpaired) electrons. The molecule has 8 heteroatoms. The molecule has 0 amide bonds. The molecule has 0 aromatic carbocycles. The summed E-state index contributed by atoms with van der Waals surface area (Å²) in [7, 11) is 0. The van der Waals surface area contributed by atoms with Crippen LogP contribution in [0.3, 0.4) is 0 Å². The van der Waals surface area contributed by atoms with Gasteiger partial charge in [0.05, 0.1) is 0 Å². The van der Waals surface area contributed by atoms with Gasteiger partial charge < -0.3 is 5.32 Å². The highest BCUT2D eigenvalue weighted by molar-refractivity contribution is 7.99. The van der Waals surface area contributed by atoms with Crippen molar-refractivity contribution in [3.05, 3.63) is 36.3 Å². The smallest absolute Gasteiger partial charge is 0.354 e. The van der Waals surface area contributed by atoms with E-state index in [0.717, 1.165) is 29.1 Å². The van der Waals surface area contributed by atoms with E-state index in [1.165, 1.54) is 0 Å². The minimum atomic E-state index is -4.50. The summed E-state index contributed by atoms with van der Waals surface area (Å²) in [5, 5.41) is 3.02. The summed E-state index contributed by atoms with van der Waals surface area (Å²) in [5.74, 6) is -0.0109. The fourth-order valence-corrected chi connectivity index (χ4v) is 2.27. The molecule has 2 aromatic rings. The summed E-state index contributed by atoms with van der Waals surface area (Å²) in [4.78, 5) is 12.2. The first kappa shape index (κ1) is 15.6. The summed E-state index contributed by atoms with van der Waals surface area (Å²) in [6.07, 6.45) is -0.583. The minimum Gasteiger partial charge on any atom is -0.354 e. The summed E-state index contributed by atoms with van der Waals surface area (Å²) < 4.78 is 38.6. The van der Waals surface area contributed by atoms with Gasteiger partial charge in [-0.2, -0.15) is 13.2 Å². The van der Waals surface area contributed by atoms with Crippen LogP contribution in [-0.2, 0) is 6.18 Å². The second-order valence-corrected chi connectivity index (χ2v) is 5.22. The lowest BCUT2D eigenvalue weighted by molar-refractivity contribution is -0.141. The van der Waals surface area contributed by atoms with E-state index in [-0.39, 0.29) is 11.0 Å². The van der Waals surface area contributed by atoms with E-state index in [9.17, 15) is 13.2 Å². The van der Waals surface area contributed by atoms with E-state index in [1.54, 1.807) is 24.5 Å². The SMILES string of the molecule is CCCNc1nc(Sc2ccncc2)cc(C(F)(F)F)n1. The lowest BCUT2D eigenvalue weighted by atomic mass is 10.4. The van der Waals surface area contributed by atoms with Gasteiger partial charge in [0.25, 0.3) is 0 Å². The Morgan fingerprint density at radius 1 is 1.19 bits per heavy atom. The highest BCUT2D eigenvalue weighted by Crippen LogP contribution is 2.33. The number of aromatic nitrogens is 3. The van der Waals surface area contributed by atoms with E-state index in [2.05, 4.69) is 20.3 Å². The van der Waals surface area contributed by atoms with Gasteiger partial charge in [-0.05, 0) is 18.6 Å². The average Bonchev–Trinajstić information content (AvgIpc) is 2.45. The number of pyridine rings is 1. The summed E-state index contributed by atoms with van der Waals surface area (Å²) in [6, 6.07) is 4.36. The molecule has 1 N–H and O–H groups in total. The molecule has 0 saturated heterocycles. The van der Waals surface area contributed by atoms with Crippen molar-refractivity contribution in [3.8, 4) is 0 Å². The second-order valence-electron chi connectivity index (χ2n) is 4.12. The quantitative estimate of drug-likeness (QED) is 0.849. The van der Waals surface area contributed by atoms with E-state index in [0.29, 0.717) is 6.54 Å². The van der Waals surface area contributed by atoms with Gasteiger partial charge in [0.1, 0.15) is 5.03 Å². The maximum Gasteiger partial charge on any atom is 0.433 e. The summed E-state index contributed by atoms with van der Waals surface area (Å²) in [6.45, 7) is 2.42. The van der Waals surface area contributed by atoms with E-state index in [4.69, 9.17) is 0 Å². The molecule has 2 heterocycles. The van der Waals surface area contributed by atoms with Crippen molar-refractivity contribution in [1.82, 2.24) is 15.0 Å². The highest BCUT2D eigenvalue weighted by Gasteiger charge is 2.33. The average molecular weight is 314 g/mol. The van der Waals surface area contributed by atoms with Crippen molar-refractivity contribution in [2.75, 3.05) is 11.9 Å². The van der Waals surface area contributed by atoms with Crippen molar-refractivity contribution in [1.29, 1.82) is 0 Å². The number of hydrogen-bond donors (Lipinski definition) is 1. The number of anilines is 1. The van der Waals surface area contributed by atoms with Crippen LogP contribution in [0.5, 0.6) is 0 Å². The first-order valence-electron chi connectivity index (χ1n) is 6.27. The van der Waals surface area contributed by atoms with Gasteiger partial charge in [0.15, 0.2) is 5.69 Å². The summed E-state index contributed by atoms with van der Waals surface area (Å²) >= 11 is 1.13. The van der Waals surface area contributed by atoms with Crippen LogP contribution < -0.4 is 5.32 Å². The van der Waals surface area contributed by atoms with Crippen molar-refractivity contribution in [2.45, 2.75) is 29.4 Å². The first-order chi connectivity index (χ1) is 9.99. The van der Waals surface area contributed by atoms with E-state index in [1.807, 2.05) is 6.92 Å². The van der Waals surface area contributed by atoms with Crippen LogP contribution in [0.2, 0.25) is 0 Å². The molecule has 21 heavy (non-hydrogen) atoms. The Bertz CT molecular complexity index is 590. The van der Waals surface area contributed by atoms with Gasteiger partial charge in [0.2, 0.25) is 5.95 Å². The third-order valence-corrected chi connectivity index (χ3v) is 3.32. The maximum atomic E-state index is 12.9. The van der Waals surface area contributed by atoms with Gasteiger partial charge in [-0.1, -0.05) is 18.7 Å². The fourth-order valence-electron chi connectivity index (χ4n) is 1.47. The van der Waals surface area contributed by atoms with Gasteiger partial charge in [0, 0.05) is 29.9 Å². The Balaban J connectivity index is 2.30. The van der Waals surface area contributed by atoms with Crippen LogP contribution in [-0.4, -0.2) is 21.5 Å². The normalized spacial score (nSPS) is 11.4. The Morgan fingerprint density at radius 3 is 2.52 bits per heavy atom. The van der Waals surface area contributed by atoms with Crippen LogP contribution in [0.15, 0.2) is 40.5 Å². The molecule has 0 spiro atoms. The molecular weight excluding hydrogens is 301 g/mol. The lowest BCUT2D eigenvalue weighted by Crippen LogP contribution is -2.13. The van der Waals surface area contributed by atoms with Crippen LogP contribution in [0.4, 0.5) is 19.1 Å². The predicted octanol–water partition coefficient (Wildman–Crippen LogP) is 3.86. The third kappa shape index (κ3) is 4.59. The first-order valence-corrected chi connectivity index (χ1v) is 7.08. The number of nitrogens with one attached hydrogen (secondary N) is 1. The molecule has 0 bridgehead atoms. The number of nitrogens with zero attached hydrogens (tertiary/aromatic N) is 3. The predicted molar refractivity (Wildman–Crippen MR) is 74.2 cm³/mol.